The van der Waals surface area contributed by atoms with Crippen molar-refractivity contribution in [2.24, 2.45) is 0 Å². The smallest absolute Gasteiger partial charge is 0.253 e. The van der Waals surface area contributed by atoms with Gasteiger partial charge in [0.2, 0.25) is 0 Å². The first-order chi connectivity index (χ1) is 8.58. The lowest BCUT2D eigenvalue weighted by Crippen LogP contribution is -2.32. The fourth-order valence-electron chi connectivity index (χ4n) is 1.53. The molecule has 0 saturated carbocycles. The van der Waals surface area contributed by atoms with Gasteiger partial charge in [0.1, 0.15) is 5.75 Å². The summed E-state index contributed by atoms with van der Waals surface area (Å²) in [6.07, 6.45) is -0.0224. The number of nitrogens with one attached hydrogen (secondary N) is 1. The minimum absolute atomic E-state index is 0.0224. The van der Waals surface area contributed by atoms with Gasteiger partial charge in [0, 0.05) is 18.8 Å². The summed E-state index contributed by atoms with van der Waals surface area (Å²) < 4.78 is 10.4. The third kappa shape index (κ3) is 3.92. The number of rotatable bonds is 6. The molecule has 1 rings (SSSR count). The topological polar surface area (TPSA) is 73.6 Å². The molecule has 5 heteroatoms. The van der Waals surface area contributed by atoms with Crippen LogP contribution in [0.4, 0.5) is 5.69 Å². The first-order valence-corrected chi connectivity index (χ1v) is 5.91. The van der Waals surface area contributed by atoms with Crippen LogP contribution in [0.1, 0.15) is 24.2 Å². The maximum absolute atomic E-state index is 11.9. The number of carbonyl (C=O) groups excluding carboxylic acids is 1. The third-order valence-corrected chi connectivity index (χ3v) is 2.51. The zero-order valence-corrected chi connectivity index (χ0v) is 11.0. The Bertz CT molecular complexity index is 407. The van der Waals surface area contributed by atoms with Gasteiger partial charge in [-0.3, -0.25) is 4.79 Å². The molecule has 1 aromatic rings. The zero-order valence-electron chi connectivity index (χ0n) is 11.0. The van der Waals surface area contributed by atoms with Gasteiger partial charge in [0.25, 0.3) is 5.91 Å². The second-order valence-corrected chi connectivity index (χ2v) is 3.93. The van der Waals surface area contributed by atoms with Crippen molar-refractivity contribution in [1.82, 2.24) is 5.32 Å². The monoisotopic (exact) mass is 252 g/mol. The molecule has 1 atom stereocenters. The van der Waals surface area contributed by atoms with Gasteiger partial charge in [-0.15, -0.1) is 0 Å². The molecule has 0 bridgehead atoms. The van der Waals surface area contributed by atoms with Crippen LogP contribution in [0.5, 0.6) is 5.75 Å². The lowest BCUT2D eigenvalue weighted by atomic mass is 10.1. The van der Waals surface area contributed by atoms with E-state index in [9.17, 15) is 4.79 Å². The molecule has 0 aromatic heterocycles. The highest BCUT2D eigenvalue weighted by atomic mass is 16.5. The molecule has 0 saturated heterocycles. The number of benzene rings is 1. The van der Waals surface area contributed by atoms with Crippen LogP contribution in [0.3, 0.4) is 0 Å². The van der Waals surface area contributed by atoms with E-state index in [1.165, 1.54) is 0 Å². The first-order valence-electron chi connectivity index (χ1n) is 5.91. The van der Waals surface area contributed by atoms with Crippen LogP contribution in [-0.4, -0.2) is 32.3 Å². The van der Waals surface area contributed by atoms with Crippen LogP contribution in [0, 0.1) is 0 Å². The highest BCUT2D eigenvalue weighted by Crippen LogP contribution is 2.19. The molecule has 3 N–H and O–H groups in total. The Hall–Kier alpha value is -1.75. The second-order valence-electron chi connectivity index (χ2n) is 3.93. The van der Waals surface area contributed by atoms with Gasteiger partial charge in [-0.2, -0.15) is 0 Å². The number of hydrogen-bond acceptors (Lipinski definition) is 4. The minimum Gasteiger partial charge on any atom is -0.497 e. The molecule has 0 radical (unpaired) electrons. The van der Waals surface area contributed by atoms with E-state index < -0.39 is 0 Å². The Morgan fingerprint density at radius 3 is 2.83 bits per heavy atom. The number of carbonyl (C=O) groups is 1. The Morgan fingerprint density at radius 1 is 1.50 bits per heavy atom. The van der Waals surface area contributed by atoms with Gasteiger partial charge >= 0.3 is 0 Å². The SMILES string of the molecule is CCOC(C)CNC(=O)c1cc(OC)ccc1N. The minimum atomic E-state index is -0.224. The van der Waals surface area contributed by atoms with Crippen molar-refractivity contribution in [3.63, 3.8) is 0 Å². The molecule has 0 fully saturated rings. The van der Waals surface area contributed by atoms with Crippen LogP contribution >= 0.6 is 0 Å². The summed E-state index contributed by atoms with van der Waals surface area (Å²) in [5, 5.41) is 2.78. The first kappa shape index (κ1) is 14.3. The summed E-state index contributed by atoms with van der Waals surface area (Å²) in [5.74, 6) is 0.380. The second kappa shape index (κ2) is 6.86. The predicted octanol–water partition coefficient (Wildman–Crippen LogP) is 1.43. The Balaban J connectivity index is 2.66. The highest BCUT2D eigenvalue weighted by molar-refractivity contribution is 5.99. The van der Waals surface area contributed by atoms with E-state index in [4.69, 9.17) is 15.2 Å². The van der Waals surface area contributed by atoms with Crippen LogP contribution in [0.2, 0.25) is 0 Å². The molecule has 1 unspecified atom stereocenters. The molecular formula is C13H20N2O3. The number of methoxy groups -OCH3 is 1. The largest absolute Gasteiger partial charge is 0.497 e. The van der Waals surface area contributed by atoms with Gasteiger partial charge < -0.3 is 20.5 Å². The lowest BCUT2D eigenvalue weighted by molar-refractivity contribution is 0.0695. The van der Waals surface area contributed by atoms with Crippen molar-refractivity contribution >= 4 is 11.6 Å². The third-order valence-electron chi connectivity index (χ3n) is 2.51. The van der Waals surface area contributed by atoms with Crippen molar-refractivity contribution in [1.29, 1.82) is 0 Å². The maximum Gasteiger partial charge on any atom is 0.253 e. The van der Waals surface area contributed by atoms with E-state index in [1.54, 1.807) is 25.3 Å². The van der Waals surface area contributed by atoms with Crippen molar-refractivity contribution in [2.75, 3.05) is 26.0 Å². The van der Waals surface area contributed by atoms with E-state index in [0.29, 0.717) is 30.2 Å². The molecule has 100 valence electrons. The summed E-state index contributed by atoms with van der Waals surface area (Å²) in [4.78, 5) is 11.9. The van der Waals surface area contributed by atoms with Crippen molar-refractivity contribution in [2.45, 2.75) is 20.0 Å². The number of anilines is 1. The summed E-state index contributed by atoms with van der Waals surface area (Å²) in [7, 11) is 1.55. The van der Waals surface area contributed by atoms with Crippen LogP contribution < -0.4 is 15.8 Å². The van der Waals surface area contributed by atoms with Crippen LogP contribution in [0.15, 0.2) is 18.2 Å². The Labute approximate surface area is 107 Å². The van der Waals surface area contributed by atoms with Crippen molar-refractivity contribution < 1.29 is 14.3 Å². The molecule has 1 amide bonds. The summed E-state index contributed by atoms with van der Waals surface area (Å²) in [5.41, 5.74) is 6.61. The normalized spacial score (nSPS) is 11.9. The number of hydrogen-bond donors (Lipinski definition) is 2. The molecule has 0 aliphatic heterocycles. The fraction of sp³-hybridized carbons (Fsp3) is 0.462. The molecule has 0 spiro atoms. The zero-order chi connectivity index (χ0) is 13.5. The van der Waals surface area contributed by atoms with E-state index in [-0.39, 0.29) is 12.0 Å². The molecule has 0 heterocycles. The molecule has 0 aliphatic rings. The molecule has 18 heavy (non-hydrogen) atoms. The number of amides is 1. The molecule has 1 aromatic carbocycles. The molecule has 0 aliphatic carbocycles. The number of nitrogen functional groups attached to an aromatic ring is 1. The highest BCUT2D eigenvalue weighted by Gasteiger charge is 2.12. The van der Waals surface area contributed by atoms with E-state index in [1.807, 2.05) is 13.8 Å². The average molecular weight is 252 g/mol. The van der Waals surface area contributed by atoms with Crippen LogP contribution in [0.25, 0.3) is 0 Å². The van der Waals surface area contributed by atoms with E-state index in [2.05, 4.69) is 5.32 Å². The lowest BCUT2D eigenvalue weighted by Gasteiger charge is -2.13. The Kier molecular flexibility index (Phi) is 5.45. The number of nitrogens with two attached hydrogens (primary N) is 1. The summed E-state index contributed by atoms with van der Waals surface area (Å²) in [6, 6.07) is 4.99. The van der Waals surface area contributed by atoms with Crippen molar-refractivity contribution in [3.05, 3.63) is 23.8 Å². The number of ether oxygens (including phenoxy) is 2. The van der Waals surface area contributed by atoms with Gasteiger partial charge in [0.05, 0.1) is 18.8 Å². The van der Waals surface area contributed by atoms with Gasteiger partial charge in [0.15, 0.2) is 0 Å². The summed E-state index contributed by atoms with van der Waals surface area (Å²) in [6.45, 7) is 4.89. The summed E-state index contributed by atoms with van der Waals surface area (Å²) >= 11 is 0. The van der Waals surface area contributed by atoms with E-state index >= 15 is 0 Å². The van der Waals surface area contributed by atoms with E-state index in [0.717, 1.165) is 0 Å². The standard InChI is InChI=1S/C13H20N2O3/c1-4-18-9(2)8-15-13(16)11-7-10(17-3)5-6-12(11)14/h5-7,9H,4,8,14H2,1-3H3,(H,15,16). The molecular weight excluding hydrogens is 232 g/mol. The maximum atomic E-state index is 11.9. The van der Waals surface area contributed by atoms with Gasteiger partial charge in [-0.05, 0) is 32.0 Å². The Morgan fingerprint density at radius 2 is 2.22 bits per heavy atom. The average Bonchev–Trinajstić information content (AvgIpc) is 2.37. The quantitative estimate of drug-likeness (QED) is 0.751. The van der Waals surface area contributed by atoms with Gasteiger partial charge in [-0.25, -0.2) is 0 Å². The van der Waals surface area contributed by atoms with Crippen LogP contribution in [-0.2, 0) is 4.74 Å². The predicted molar refractivity (Wildman–Crippen MR) is 70.8 cm³/mol. The fourth-order valence-corrected chi connectivity index (χ4v) is 1.53. The van der Waals surface area contributed by atoms with Gasteiger partial charge in [-0.1, -0.05) is 0 Å². The molecule has 5 nitrogen and oxygen atoms in total. The van der Waals surface area contributed by atoms with Crippen molar-refractivity contribution in [3.8, 4) is 5.75 Å².